The maximum absolute atomic E-state index is 11.1. The molecule has 0 aromatic carbocycles. The van der Waals surface area contributed by atoms with E-state index in [-0.39, 0.29) is 5.97 Å². The minimum Gasteiger partial charge on any atom is -0.467 e. The molecule has 0 saturated heterocycles. The minimum absolute atomic E-state index is 0.325. The number of carbonyl (C=O) groups excluding carboxylic acids is 1. The van der Waals surface area contributed by atoms with Crippen LogP contribution in [0.3, 0.4) is 0 Å². The molecule has 1 heterocycles. The molecule has 4 N–H and O–H groups in total. The summed E-state index contributed by atoms with van der Waals surface area (Å²) in [7, 11) is 1.35. The van der Waals surface area contributed by atoms with Gasteiger partial charge in [0.25, 0.3) is 0 Å². The van der Waals surface area contributed by atoms with Gasteiger partial charge in [0.05, 0.1) is 7.11 Å². The van der Waals surface area contributed by atoms with E-state index >= 15 is 0 Å². The second-order valence-corrected chi connectivity index (χ2v) is 2.96. The van der Waals surface area contributed by atoms with Crippen molar-refractivity contribution in [2.45, 2.75) is 13.0 Å². The van der Waals surface area contributed by atoms with Crippen molar-refractivity contribution in [3.05, 3.63) is 18.3 Å². The summed E-state index contributed by atoms with van der Waals surface area (Å²) in [6.07, 6.45) is 1.58. The first-order valence-electron chi connectivity index (χ1n) is 4.44. The number of hydrogen-bond donors (Lipinski definition) is 3. The number of hydrazine groups is 1. The second kappa shape index (κ2) is 5.16. The Bertz CT molecular complexity index is 343. The van der Waals surface area contributed by atoms with E-state index < -0.39 is 6.04 Å². The predicted molar refractivity (Wildman–Crippen MR) is 57.1 cm³/mol. The zero-order valence-electron chi connectivity index (χ0n) is 8.65. The Balaban J connectivity index is 2.67. The molecule has 1 aromatic rings. The van der Waals surface area contributed by atoms with Gasteiger partial charge in [0, 0.05) is 18.0 Å². The van der Waals surface area contributed by atoms with Crippen molar-refractivity contribution < 1.29 is 9.53 Å². The topological polar surface area (TPSA) is 89.3 Å². The number of hydrogen-bond acceptors (Lipinski definition) is 6. The van der Waals surface area contributed by atoms with Crippen LogP contribution in [-0.4, -0.2) is 24.1 Å². The average Bonchev–Trinajstić information content (AvgIpc) is 2.28. The van der Waals surface area contributed by atoms with E-state index in [9.17, 15) is 4.79 Å². The van der Waals surface area contributed by atoms with Gasteiger partial charge in [-0.15, -0.1) is 0 Å². The molecule has 1 rings (SSSR count). The Morgan fingerprint density at radius 1 is 1.67 bits per heavy atom. The summed E-state index contributed by atoms with van der Waals surface area (Å²) < 4.78 is 4.58. The highest BCUT2D eigenvalue weighted by Gasteiger charge is 2.12. The smallest absolute Gasteiger partial charge is 0.327 e. The van der Waals surface area contributed by atoms with Gasteiger partial charge in [-0.2, -0.15) is 0 Å². The fourth-order valence-corrected chi connectivity index (χ4v) is 1.08. The highest BCUT2D eigenvalue weighted by Crippen LogP contribution is 2.12. The normalized spacial score (nSPS) is 11.7. The van der Waals surface area contributed by atoms with Crippen molar-refractivity contribution in [2.24, 2.45) is 5.84 Å². The van der Waals surface area contributed by atoms with Crippen molar-refractivity contribution in [1.82, 2.24) is 4.98 Å². The molecule has 82 valence electrons. The molecular formula is C9H14N4O2. The molecule has 0 aliphatic rings. The molecule has 0 radical (unpaired) electrons. The first-order valence-corrected chi connectivity index (χ1v) is 4.44. The molecule has 1 aromatic heterocycles. The van der Waals surface area contributed by atoms with Gasteiger partial charge in [0.15, 0.2) is 0 Å². The van der Waals surface area contributed by atoms with Gasteiger partial charge in [-0.1, -0.05) is 0 Å². The number of pyridine rings is 1. The van der Waals surface area contributed by atoms with Gasteiger partial charge in [-0.25, -0.2) is 15.6 Å². The standard InChI is InChI=1S/C9H14N4O2/c1-6(9(14)15-2)12-7-3-4-11-8(5-7)13-10/h3-6H,10H2,1-2H3,(H2,11,12,13). The quantitative estimate of drug-likeness (QED) is 0.377. The van der Waals surface area contributed by atoms with Crippen molar-refractivity contribution in [2.75, 3.05) is 17.9 Å². The predicted octanol–water partition coefficient (Wildman–Crippen LogP) is 0.341. The highest BCUT2D eigenvalue weighted by molar-refractivity contribution is 5.78. The lowest BCUT2D eigenvalue weighted by Crippen LogP contribution is -2.27. The summed E-state index contributed by atoms with van der Waals surface area (Å²) in [5, 5.41) is 2.96. The van der Waals surface area contributed by atoms with E-state index in [0.717, 1.165) is 5.69 Å². The molecular weight excluding hydrogens is 196 g/mol. The minimum atomic E-state index is -0.414. The molecule has 0 aliphatic carbocycles. The van der Waals surface area contributed by atoms with Gasteiger partial charge in [0.2, 0.25) is 0 Å². The van der Waals surface area contributed by atoms with Gasteiger partial charge >= 0.3 is 5.97 Å². The van der Waals surface area contributed by atoms with Gasteiger partial charge in [-0.3, -0.25) is 0 Å². The number of rotatable bonds is 4. The third kappa shape index (κ3) is 3.10. The summed E-state index contributed by atoms with van der Waals surface area (Å²) >= 11 is 0. The van der Waals surface area contributed by atoms with E-state index in [2.05, 4.69) is 20.5 Å². The van der Waals surface area contributed by atoms with E-state index in [1.165, 1.54) is 7.11 Å². The van der Waals surface area contributed by atoms with Crippen LogP contribution in [0.25, 0.3) is 0 Å². The first-order chi connectivity index (χ1) is 7.17. The number of anilines is 2. The van der Waals surface area contributed by atoms with Crippen LogP contribution >= 0.6 is 0 Å². The zero-order chi connectivity index (χ0) is 11.3. The number of nitrogen functional groups attached to an aromatic ring is 1. The zero-order valence-corrected chi connectivity index (χ0v) is 8.65. The molecule has 15 heavy (non-hydrogen) atoms. The van der Waals surface area contributed by atoms with Crippen LogP contribution in [-0.2, 0) is 9.53 Å². The number of esters is 1. The summed E-state index contributed by atoms with van der Waals surface area (Å²) in [5.74, 6) is 5.40. The fraction of sp³-hybridized carbons (Fsp3) is 0.333. The molecule has 0 aliphatic heterocycles. The summed E-state index contributed by atoms with van der Waals surface area (Å²) in [6.45, 7) is 1.71. The third-order valence-corrected chi connectivity index (χ3v) is 1.85. The maximum Gasteiger partial charge on any atom is 0.327 e. The van der Waals surface area contributed by atoms with Gasteiger partial charge < -0.3 is 15.5 Å². The van der Waals surface area contributed by atoms with Crippen LogP contribution in [0.2, 0.25) is 0 Å². The lowest BCUT2D eigenvalue weighted by Gasteiger charge is -2.13. The lowest BCUT2D eigenvalue weighted by molar-refractivity contribution is -0.141. The number of aromatic nitrogens is 1. The van der Waals surface area contributed by atoms with Crippen LogP contribution in [0.5, 0.6) is 0 Å². The largest absolute Gasteiger partial charge is 0.467 e. The Morgan fingerprint density at radius 3 is 3.00 bits per heavy atom. The Morgan fingerprint density at radius 2 is 2.40 bits per heavy atom. The Hall–Kier alpha value is -1.82. The third-order valence-electron chi connectivity index (χ3n) is 1.85. The summed E-state index contributed by atoms with van der Waals surface area (Å²) in [4.78, 5) is 15.1. The van der Waals surface area contributed by atoms with E-state index in [1.807, 2.05) is 0 Å². The number of nitrogens with two attached hydrogens (primary N) is 1. The van der Waals surface area contributed by atoms with Crippen LogP contribution in [0.1, 0.15) is 6.92 Å². The molecule has 6 nitrogen and oxygen atoms in total. The summed E-state index contributed by atoms with van der Waals surface area (Å²) in [5.41, 5.74) is 3.16. The van der Waals surface area contributed by atoms with Crippen molar-refractivity contribution in [1.29, 1.82) is 0 Å². The van der Waals surface area contributed by atoms with Crippen LogP contribution in [0.15, 0.2) is 18.3 Å². The molecule has 0 spiro atoms. The van der Waals surface area contributed by atoms with Crippen LogP contribution in [0, 0.1) is 0 Å². The van der Waals surface area contributed by atoms with Crippen LogP contribution < -0.4 is 16.6 Å². The lowest BCUT2D eigenvalue weighted by atomic mass is 10.3. The number of nitrogens with one attached hydrogen (secondary N) is 2. The Kier molecular flexibility index (Phi) is 3.87. The van der Waals surface area contributed by atoms with Crippen molar-refractivity contribution in [3.63, 3.8) is 0 Å². The van der Waals surface area contributed by atoms with Crippen LogP contribution in [0.4, 0.5) is 11.5 Å². The van der Waals surface area contributed by atoms with Crippen molar-refractivity contribution >= 4 is 17.5 Å². The second-order valence-electron chi connectivity index (χ2n) is 2.96. The van der Waals surface area contributed by atoms with Crippen molar-refractivity contribution in [3.8, 4) is 0 Å². The van der Waals surface area contributed by atoms with Gasteiger partial charge in [-0.05, 0) is 13.0 Å². The molecule has 1 unspecified atom stereocenters. The maximum atomic E-state index is 11.1. The molecule has 0 bridgehead atoms. The van der Waals surface area contributed by atoms with E-state index in [4.69, 9.17) is 5.84 Å². The highest BCUT2D eigenvalue weighted by atomic mass is 16.5. The van der Waals surface area contributed by atoms with E-state index in [1.54, 1.807) is 25.3 Å². The molecule has 0 fully saturated rings. The fourth-order valence-electron chi connectivity index (χ4n) is 1.08. The molecule has 0 amide bonds. The number of carbonyl (C=O) groups is 1. The average molecular weight is 210 g/mol. The molecule has 6 heteroatoms. The number of ether oxygens (including phenoxy) is 1. The number of nitrogens with zero attached hydrogens (tertiary/aromatic N) is 1. The first kappa shape index (κ1) is 11.3. The summed E-state index contributed by atoms with van der Waals surface area (Å²) in [6, 6.07) is 3.02. The Labute approximate surface area is 87.8 Å². The van der Waals surface area contributed by atoms with E-state index in [0.29, 0.717) is 5.82 Å². The monoisotopic (exact) mass is 210 g/mol. The van der Waals surface area contributed by atoms with Gasteiger partial charge in [0.1, 0.15) is 11.9 Å². The molecule has 1 atom stereocenters. The SMILES string of the molecule is COC(=O)C(C)Nc1ccnc(NN)c1. The molecule has 0 saturated carbocycles. The number of methoxy groups -OCH3 is 1.